The highest BCUT2D eigenvalue weighted by Gasteiger charge is 2.14. The number of amides is 3. The molecule has 0 spiro atoms. The van der Waals surface area contributed by atoms with Gasteiger partial charge >= 0.3 is 6.03 Å². The molecular formula is C19H19N5O3S. The summed E-state index contributed by atoms with van der Waals surface area (Å²) in [5.41, 5.74) is 2.38. The Morgan fingerprint density at radius 2 is 1.82 bits per heavy atom. The zero-order chi connectivity index (χ0) is 19.9. The standard InChI is InChI=1S/C19H19N5O3S/c1-12-4-3-5-14(10-12)22-19(26)20-11-16-23-24-18(28-16)17(25)21-13-6-8-15(27-2)9-7-13/h3-10H,11H2,1-2H3,(H,21,25)(H2,20,22,26). The molecule has 0 fully saturated rings. The molecule has 0 aliphatic carbocycles. The van der Waals surface area contributed by atoms with Crippen molar-refractivity contribution in [3.8, 4) is 5.75 Å². The fraction of sp³-hybridized carbons (Fsp3) is 0.158. The monoisotopic (exact) mass is 397 g/mol. The van der Waals surface area contributed by atoms with Gasteiger partial charge in [0.25, 0.3) is 5.91 Å². The van der Waals surface area contributed by atoms with Crippen LogP contribution in [0.15, 0.2) is 48.5 Å². The highest BCUT2D eigenvalue weighted by atomic mass is 32.1. The van der Waals surface area contributed by atoms with E-state index in [2.05, 4.69) is 26.1 Å². The van der Waals surface area contributed by atoms with Crippen molar-refractivity contribution in [1.82, 2.24) is 15.5 Å². The highest BCUT2D eigenvalue weighted by Crippen LogP contribution is 2.17. The first-order valence-corrected chi connectivity index (χ1v) is 9.24. The summed E-state index contributed by atoms with van der Waals surface area (Å²) in [4.78, 5) is 24.2. The van der Waals surface area contributed by atoms with Gasteiger partial charge in [0.05, 0.1) is 13.7 Å². The largest absolute Gasteiger partial charge is 0.497 e. The summed E-state index contributed by atoms with van der Waals surface area (Å²) in [7, 11) is 1.57. The predicted octanol–water partition coefficient (Wildman–Crippen LogP) is 3.43. The van der Waals surface area contributed by atoms with Crippen molar-refractivity contribution in [3.63, 3.8) is 0 Å². The molecule has 0 atom stereocenters. The Hall–Kier alpha value is -3.46. The van der Waals surface area contributed by atoms with Crippen LogP contribution in [0.4, 0.5) is 16.2 Å². The van der Waals surface area contributed by atoms with Gasteiger partial charge in [0.15, 0.2) is 0 Å². The van der Waals surface area contributed by atoms with Gasteiger partial charge < -0.3 is 20.7 Å². The summed E-state index contributed by atoms with van der Waals surface area (Å²) in [6, 6.07) is 14.1. The van der Waals surface area contributed by atoms with Gasteiger partial charge in [-0.15, -0.1) is 10.2 Å². The molecule has 3 amide bonds. The topological polar surface area (TPSA) is 105 Å². The van der Waals surface area contributed by atoms with Crippen molar-refractivity contribution in [1.29, 1.82) is 0 Å². The van der Waals surface area contributed by atoms with Gasteiger partial charge in [-0.05, 0) is 48.9 Å². The molecule has 2 aromatic carbocycles. The lowest BCUT2D eigenvalue weighted by Gasteiger charge is -2.06. The van der Waals surface area contributed by atoms with E-state index in [0.717, 1.165) is 16.9 Å². The maximum Gasteiger partial charge on any atom is 0.319 e. The van der Waals surface area contributed by atoms with Crippen LogP contribution in [0.1, 0.15) is 20.4 Å². The molecule has 0 bridgehead atoms. The van der Waals surface area contributed by atoms with Gasteiger partial charge in [-0.1, -0.05) is 23.5 Å². The molecule has 3 N–H and O–H groups in total. The van der Waals surface area contributed by atoms with Crippen LogP contribution in [0.2, 0.25) is 0 Å². The lowest BCUT2D eigenvalue weighted by molar-refractivity contribution is 0.102. The van der Waals surface area contributed by atoms with Crippen LogP contribution in [0.25, 0.3) is 0 Å². The number of hydrogen-bond donors (Lipinski definition) is 3. The molecule has 0 aliphatic rings. The summed E-state index contributed by atoms with van der Waals surface area (Å²) >= 11 is 1.12. The number of benzene rings is 2. The molecule has 3 aromatic rings. The smallest absolute Gasteiger partial charge is 0.319 e. The second kappa shape index (κ2) is 8.96. The summed E-state index contributed by atoms with van der Waals surface area (Å²) in [5, 5.41) is 16.7. The summed E-state index contributed by atoms with van der Waals surface area (Å²) in [5.74, 6) is 0.337. The number of anilines is 2. The second-order valence-corrected chi connectivity index (χ2v) is 6.92. The third-order valence-corrected chi connectivity index (χ3v) is 4.61. The highest BCUT2D eigenvalue weighted by molar-refractivity contribution is 7.13. The molecule has 0 radical (unpaired) electrons. The molecule has 1 aromatic heterocycles. The van der Waals surface area contributed by atoms with Crippen molar-refractivity contribution in [2.75, 3.05) is 17.7 Å². The van der Waals surface area contributed by atoms with Crippen LogP contribution in [-0.2, 0) is 6.54 Å². The molecule has 8 nitrogen and oxygen atoms in total. The van der Waals surface area contributed by atoms with Gasteiger partial charge in [0.1, 0.15) is 10.8 Å². The maximum atomic E-state index is 12.3. The molecule has 9 heteroatoms. The van der Waals surface area contributed by atoms with Gasteiger partial charge in [-0.2, -0.15) is 0 Å². The first-order chi connectivity index (χ1) is 13.5. The molecule has 3 rings (SSSR count). The SMILES string of the molecule is COc1ccc(NC(=O)c2nnc(CNC(=O)Nc3cccc(C)c3)s2)cc1. The van der Waals surface area contributed by atoms with Gasteiger partial charge in [0.2, 0.25) is 5.01 Å². The zero-order valence-corrected chi connectivity index (χ0v) is 16.2. The predicted molar refractivity (Wildman–Crippen MR) is 108 cm³/mol. The molecular weight excluding hydrogens is 378 g/mol. The van der Waals surface area contributed by atoms with Crippen LogP contribution in [-0.4, -0.2) is 29.2 Å². The van der Waals surface area contributed by atoms with Gasteiger partial charge in [-0.25, -0.2) is 4.79 Å². The van der Waals surface area contributed by atoms with E-state index in [1.807, 2.05) is 25.1 Å². The number of carbonyl (C=O) groups excluding carboxylic acids is 2. The van der Waals surface area contributed by atoms with Crippen molar-refractivity contribution in [2.45, 2.75) is 13.5 Å². The third kappa shape index (κ3) is 5.27. The molecule has 0 aliphatic heterocycles. The summed E-state index contributed by atoms with van der Waals surface area (Å²) < 4.78 is 5.08. The maximum absolute atomic E-state index is 12.3. The fourth-order valence-electron chi connectivity index (χ4n) is 2.33. The number of nitrogens with zero attached hydrogens (tertiary/aromatic N) is 2. The number of ether oxygens (including phenoxy) is 1. The first kappa shape index (κ1) is 19.3. The van der Waals surface area contributed by atoms with Crippen molar-refractivity contribution in [2.24, 2.45) is 0 Å². The van der Waals surface area contributed by atoms with Crippen molar-refractivity contribution >= 4 is 34.6 Å². The van der Waals surface area contributed by atoms with Crippen molar-refractivity contribution < 1.29 is 14.3 Å². The van der Waals surface area contributed by atoms with E-state index in [9.17, 15) is 9.59 Å². The number of urea groups is 1. The van der Waals surface area contributed by atoms with Crippen LogP contribution in [0, 0.1) is 6.92 Å². The first-order valence-electron chi connectivity index (χ1n) is 8.43. The third-order valence-electron chi connectivity index (χ3n) is 3.69. The number of methoxy groups -OCH3 is 1. The minimum atomic E-state index is -0.363. The number of carbonyl (C=O) groups is 2. The fourth-order valence-corrected chi connectivity index (χ4v) is 3.00. The normalized spacial score (nSPS) is 10.2. The number of rotatable bonds is 6. The number of aryl methyl sites for hydroxylation is 1. The average molecular weight is 397 g/mol. The Labute approximate surface area is 166 Å². The van der Waals surface area contributed by atoms with Gasteiger partial charge in [0, 0.05) is 11.4 Å². The Morgan fingerprint density at radius 1 is 1.04 bits per heavy atom. The Kier molecular flexibility index (Phi) is 6.18. The van der Waals surface area contributed by atoms with Crippen LogP contribution in [0.3, 0.4) is 0 Å². The summed E-state index contributed by atoms with van der Waals surface area (Å²) in [6.45, 7) is 2.12. The number of nitrogens with one attached hydrogen (secondary N) is 3. The van der Waals surface area contributed by atoms with Crippen molar-refractivity contribution in [3.05, 3.63) is 64.1 Å². The molecule has 0 saturated carbocycles. The zero-order valence-electron chi connectivity index (χ0n) is 15.4. The van der Waals surface area contributed by atoms with E-state index in [0.29, 0.717) is 22.1 Å². The number of hydrogen-bond acceptors (Lipinski definition) is 6. The van der Waals surface area contributed by atoms with Crippen LogP contribution >= 0.6 is 11.3 Å². The molecule has 1 heterocycles. The minimum absolute atomic E-state index is 0.172. The Morgan fingerprint density at radius 3 is 2.54 bits per heavy atom. The van der Waals surface area contributed by atoms with E-state index >= 15 is 0 Å². The van der Waals surface area contributed by atoms with Gasteiger partial charge in [-0.3, -0.25) is 4.79 Å². The average Bonchev–Trinajstić information content (AvgIpc) is 3.16. The quantitative estimate of drug-likeness (QED) is 0.591. The molecule has 0 saturated heterocycles. The molecule has 28 heavy (non-hydrogen) atoms. The Bertz CT molecular complexity index is 972. The van der Waals surface area contributed by atoms with Crippen LogP contribution in [0.5, 0.6) is 5.75 Å². The number of aromatic nitrogens is 2. The minimum Gasteiger partial charge on any atom is -0.497 e. The van der Waals surface area contributed by atoms with E-state index in [1.165, 1.54) is 0 Å². The van der Waals surface area contributed by atoms with E-state index in [4.69, 9.17) is 4.74 Å². The van der Waals surface area contributed by atoms with E-state index in [-0.39, 0.29) is 23.5 Å². The lowest BCUT2D eigenvalue weighted by Crippen LogP contribution is -2.28. The van der Waals surface area contributed by atoms with Crippen LogP contribution < -0.4 is 20.7 Å². The second-order valence-electron chi connectivity index (χ2n) is 5.86. The lowest BCUT2D eigenvalue weighted by atomic mass is 10.2. The van der Waals surface area contributed by atoms with E-state index < -0.39 is 0 Å². The molecule has 144 valence electrons. The Balaban J connectivity index is 1.51. The van der Waals surface area contributed by atoms with E-state index in [1.54, 1.807) is 37.4 Å². The molecule has 0 unspecified atom stereocenters. The summed E-state index contributed by atoms with van der Waals surface area (Å²) in [6.07, 6.45) is 0.